The van der Waals surface area contributed by atoms with E-state index < -0.39 is 5.97 Å². The molecule has 172 valence electrons. The van der Waals surface area contributed by atoms with Gasteiger partial charge in [0.1, 0.15) is 5.75 Å². The Labute approximate surface area is 193 Å². The molecule has 2 heterocycles. The fraction of sp³-hybridized carbons (Fsp3) is 0.346. The molecule has 4 rings (SSSR count). The molecule has 0 aliphatic carbocycles. The van der Waals surface area contributed by atoms with E-state index in [1.165, 1.54) is 0 Å². The molecule has 0 unspecified atom stereocenters. The Kier molecular flexibility index (Phi) is 6.77. The van der Waals surface area contributed by atoms with Gasteiger partial charge in [0.25, 0.3) is 5.91 Å². The first-order valence-corrected chi connectivity index (χ1v) is 11.2. The molecule has 2 aromatic carbocycles. The summed E-state index contributed by atoms with van der Waals surface area (Å²) >= 11 is 0. The second-order valence-corrected chi connectivity index (χ2v) is 8.41. The number of ether oxygens (including phenoxy) is 2. The molecular weight excluding hydrogens is 418 g/mol. The van der Waals surface area contributed by atoms with Crippen LogP contribution in [0.3, 0.4) is 0 Å². The van der Waals surface area contributed by atoms with Crippen molar-refractivity contribution >= 4 is 28.5 Å². The standard InChI is InChI=1S/C26H29N3O4/c1-18(2)24-16-22(21-6-4-5-7-23(21)27-24)26(31)33-17-25(30)29-14-12-28(13-15-29)19-8-10-20(32-3)11-9-19/h4-11,16,18H,12-15,17H2,1-3H3. The predicted molar refractivity (Wildman–Crippen MR) is 128 cm³/mol. The summed E-state index contributed by atoms with van der Waals surface area (Å²) in [5.41, 5.74) is 3.11. The van der Waals surface area contributed by atoms with E-state index in [2.05, 4.69) is 9.88 Å². The summed E-state index contributed by atoms with van der Waals surface area (Å²) in [7, 11) is 1.65. The molecule has 1 aliphatic heterocycles. The Morgan fingerprint density at radius 3 is 2.36 bits per heavy atom. The number of piperazine rings is 1. The smallest absolute Gasteiger partial charge is 0.339 e. The van der Waals surface area contributed by atoms with Crippen molar-refractivity contribution < 1.29 is 19.1 Å². The highest BCUT2D eigenvalue weighted by atomic mass is 16.5. The van der Waals surface area contributed by atoms with Gasteiger partial charge in [-0.1, -0.05) is 32.0 Å². The molecule has 1 aromatic heterocycles. The number of amides is 1. The Hall–Kier alpha value is -3.61. The van der Waals surface area contributed by atoms with Crippen LogP contribution in [0.15, 0.2) is 54.6 Å². The number of carbonyl (C=O) groups excluding carboxylic acids is 2. The molecule has 1 amide bonds. The summed E-state index contributed by atoms with van der Waals surface area (Å²) in [5, 5.41) is 0.729. The van der Waals surface area contributed by atoms with Gasteiger partial charge in [-0.25, -0.2) is 4.79 Å². The molecule has 3 aromatic rings. The topological polar surface area (TPSA) is 72.0 Å². The first-order chi connectivity index (χ1) is 16.0. The normalized spacial score (nSPS) is 13.9. The van der Waals surface area contributed by atoms with Crippen molar-refractivity contribution in [1.29, 1.82) is 0 Å². The van der Waals surface area contributed by atoms with E-state index in [9.17, 15) is 9.59 Å². The zero-order valence-corrected chi connectivity index (χ0v) is 19.3. The fourth-order valence-electron chi connectivity index (χ4n) is 3.96. The third-order valence-electron chi connectivity index (χ3n) is 5.94. The maximum absolute atomic E-state index is 12.9. The molecule has 0 atom stereocenters. The predicted octanol–water partition coefficient (Wildman–Crippen LogP) is 3.87. The number of aromatic nitrogens is 1. The Morgan fingerprint density at radius 2 is 1.70 bits per heavy atom. The van der Waals surface area contributed by atoms with Crippen LogP contribution in [0.1, 0.15) is 35.8 Å². The molecule has 7 nitrogen and oxygen atoms in total. The van der Waals surface area contributed by atoms with Gasteiger partial charge in [0.05, 0.1) is 18.2 Å². The van der Waals surface area contributed by atoms with Gasteiger partial charge in [-0.15, -0.1) is 0 Å². The molecular formula is C26H29N3O4. The van der Waals surface area contributed by atoms with E-state index in [1.807, 2.05) is 62.4 Å². The fourth-order valence-corrected chi connectivity index (χ4v) is 3.96. The van der Waals surface area contributed by atoms with Crippen LogP contribution in [0, 0.1) is 0 Å². The number of hydrogen-bond donors (Lipinski definition) is 0. The average molecular weight is 448 g/mol. The first-order valence-electron chi connectivity index (χ1n) is 11.2. The molecule has 0 N–H and O–H groups in total. The monoisotopic (exact) mass is 447 g/mol. The van der Waals surface area contributed by atoms with Crippen molar-refractivity contribution in [2.75, 3.05) is 44.8 Å². The minimum absolute atomic E-state index is 0.171. The summed E-state index contributed by atoms with van der Waals surface area (Å²) in [6.07, 6.45) is 0. The van der Waals surface area contributed by atoms with Crippen molar-refractivity contribution in [3.05, 3.63) is 65.9 Å². The van der Waals surface area contributed by atoms with Gasteiger partial charge in [-0.05, 0) is 42.3 Å². The van der Waals surface area contributed by atoms with Gasteiger partial charge in [0, 0.05) is 42.9 Å². The van der Waals surface area contributed by atoms with Crippen molar-refractivity contribution in [2.24, 2.45) is 0 Å². The number of nitrogens with zero attached hydrogens (tertiary/aromatic N) is 3. The molecule has 1 saturated heterocycles. The van der Waals surface area contributed by atoms with E-state index in [0.717, 1.165) is 41.1 Å². The largest absolute Gasteiger partial charge is 0.497 e. The molecule has 0 radical (unpaired) electrons. The van der Waals surface area contributed by atoms with Crippen molar-refractivity contribution in [3.8, 4) is 5.75 Å². The third kappa shape index (κ3) is 5.08. The highest BCUT2D eigenvalue weighted by molar-refractivity contribution is 6.04. The van der Waals surface area contributed by atoms with Crippen LogP contribution in [-0.4, -0.2) is 61.7 Å². The van der Waals surface area contributed by atoms with Crippen LogP contribution in [0.4, 0.5) is 5.69 Å². The van der Waals surface area contributed by atoms with Gasteiger partial charge >= 0.3 is 5.97 Å². The third-order valence-corrected chi connectivity index (χ3v) is 5.94. The van der Waals surface area contributed by atoms with E-state index in [1.54, 1.807) is 18.1 Å². The van der Waals surface area contributed by atoms with Crippen LogP contribution in [0.5, 0.6) is 5.75 Å². The molecule has 1 aliphatic rings. The first kappa shape index (κ1) is 22.6. The molecule has 7 heteroatoms. The SMILES string of the molecule is COc1ccc(N2CCN(C(=O)COC(=O)c3cc(C(C)C)nc4ccccc34)CC2)cc1. The van der Waals surface area contributed by atoms with E-state index in [4.69, 9.17) is 9.47 Å². The molecule has 0 spiro atoms. The molecule has 33 heavy (non-hydrogen) atoms. The minimum atomic E-state index is -0.499. The zero-order chi connectivity index (χ0) is 23.4. The number of carbonyl (C=O) groups is 2. The van der Waals surface area contributed by atoms with Gasteiger partial charge in [0.15, 0.2) is 6.61 Å². The number of fused-ring (bicyclic) bond motifs is 1. The van der Waals surface area contributed by atoms with Crippen LogP contribution >= 0.6 is 0 Å². The van der Waals surface area contributed by atoms with Crippen molar-refractivity contribution in [2.45, 2.75) is 19.8 Å². The number of methoxy groups -OCH3 is 1. The second-order valence-electron chi connectivity index (χ2n) is 8.41. The highest BCUT2D eigenvalue weighted by Gasteiger charge is 2.23. The van der Waals surface area contributed by atoms with Gasteiger partial charge in [0.2, 0.25) is 0 Å². The Morgan fingerprint density at radius 1 is 1.00 bits per heavy atom. The lowest BCUT2D eigenvalue weighted by atomic mass is 10.0. The lowest BCUT2D eigenvalue weighted by Gasteiger charge is -2.36. The summed E-state index contributed by atoms with van der Waals surface area (Å²) in [6, 6.07) is 17.2. The Balaban J connectivity index is 1.36. The molecule has 0 bridgehead atoms. The maximum Gasteiger partial charge on any atom is 0.339 e. The van der Waals surface area contributed by atoms with E-state index >= 15 is 0 Å². The Bertz CT molecular complexity index is 1140. The van der Waals surface area contributed by atoms with Crippen molar-refractivity contribution in [3.63, 3.8) is 0 Å². The summed E-state index contributed by atoms with van der Waals surface area (Å²) in [6.45, 7) is 6.39. The van der Waals surface area contributed by atoms with E-state index in [-0.39, 0.29) is 18.4 Å². The lowest BCUT2D eigenvalue weighted by molar-refractivity contribution is -0.134. The molecule has 0 saturated carbocycles. The highest BCUT2D eigenvalue weighted by Crippen LogP contribution is 2.23. The van der Waals surface area contributed by atoms with Gasteiger partial charge in [-0.2, -0.15) is 0 Å². The maximum atomic E-state index is 12.9. The summed E-state index contributed by atoms with van der Waals surface area (Å²) < 4.78 is 10.6. The number of hydrogen-bond acceptors (Lipinski definition) is 6. The number of rotatable bonds is 6. The second kappa shape index (κ2) is 9.90. The van der Waals surface area contributed by atoms with Crippen LogP contribution in [0.25, 0.3) is 10.9 Å². The van der Waals surface area contributed by atoms with E-state index in [0.29, 0.717) is 18.7 Å². The number of benzene rings is 2. The summed E-state index contributed by atoms with van der Waals surface area (Å²) in [5.74, 6) is 0.308. The van der Waals surface area contributed by atoms with Crippen molar-refractivity contribution in [1.82, 2.24) is 9.88 Å². The minimum Gasteiger partial charge on any atom is -0.497 e. The number of pyridine rings is 1. The number of anilines is 1. The summed E-state index contributed by atoms with van der Waals surface area (Å²) in [4.78, 5) is 34.2. The quantitative estimate of drug-likeness (QED) is 0.534. The van der Waals surface area contributed by atoms with Crippen LogP contribution < -0.4 is 9.64 Å². The van der Waals surface area contributed by atoms with Gasteiger partial charge in [-0.3, -0.25) is 9.78 Å². The average Bonchev–Trinajstić information content (AvgIpc) is 2.86. The molecule has 1 fully saturated rings. The van der Waals surface area contributed by atoms with Crippen LogP contribution in [0.2, 0.25) is 0 Å². The number of esters is 1. The van der Waals surface area contributed by atoms with Crippen LogP contribution in [-0.2, 0) is 9.53 Å². The zero-order valence-electron chi connectivity index (χ0n) is 19.3. The number of para-hydroxylation sites is 1. The van der Waals surface area contributed by atoms with Gasteiger partial charge < -0.3 is 19.3 Å². The lowest BCUT2D eigenvalue weighted by Crippen LogP contribution is -2.49.